The molecule has 5 rings (SSSR count). The van der Waals surface area contributed by atoms with Crippen LogP contribution in [0, 0.1) is 0 Å². The summed E-state index contributed by atoms with van der Waals surface area (Å²) < 4.78 is 29.7. The number of nitrogens with one attached hydrogen (secondary N) is 1. The summed E-state index contributed by atoms with van der Waals surface area (Å²) in [4.78, 5) is 20.4. The van der Waals surface area contributed by atoms with Crippen LogP contribution in [0.2, 0.25) is 0 Å². The quantitative estimate of drug-likeness (QED) is 0.588. The number of sulfonamides is 1. The SMILES string of the molecule is CN1CCN(S(=O)(=O)c2ccc(NC(=O)c3nc(-c4ccccc4)n4c3CCCCC4)cc2)CC1. The number of nitrogens with zero attached hydrogens (tertiary/aromatic N) is 4. The van der Waals surface area contributed by atoms with Crippen LogP contribution in [-0.2, 0) is 23.0 Å². The number of benzene rings is 2. The Bertz CT molecular complexity index is 1290. The molecule has 0 atom stereocenters. The molecule has 1 aromatic heterocycles. The monoisotopic (exact) mass is 493 g/mol. The van der Waals surface area contributed by atoms with Gasteiger partial charge in [-0.25, -0.2) is 13.4 Å². The van der Waals surface area contributed by atoms with Gasteiger partial charge in [0.05, 0.1) is 10.6 Å². The van der Waals surface area contributed by atoms with E-state index >= 15 is 0 Å². The molecule has 8 nitrogen and oxygen atoms in total. The number of hydrogen-bond donors (Lipinski definition) is 1. The van der Waals surface area contributed by atoms with Crippen molar-refractivity contribution in [2.45, 2.75) is 37.1 Å². The van der Waals surface area contributed by atoms with E-state index in [1.54, 1.807) is 24.3 Å². The summed E-state index contributed by atoms with van der Waals surface area (Å²) in [5, 5.41) is 2.93. The first-order chi connectivity index (χ1) is 16.9. The van der Waals surface area contributed by atoms with Crippen LogP contribution in [0.4, 0.5) is 5.69 Å². The fraction of sp³-hybridized carbons (Fsp3) is 0.385. The number of fused-ring (bicyclic) bond motifs is 1. The highest BCUT2D eigenvalue weighted by Gasteiger charge is 2.28. The van der Waals surface area contributed by atoms with Gasteiger partial charge in [0.15, 0.2) is 0 Å². The zero-order chi connectivity index (χ0) is 24.4. The van der Waals surface area contributed by atoms with Gasteiger partial charge in [-0.3, -0.25) is 4.79 Å². The van der Waals surface area contributed by atoms with Crippen LogP contribution >= 0.6 is 0 Å². The number of likely N-dealkylation sites (N-methyl/N-ethyl adjacent to an activating group) is 1. The highest BCUT2D eigenvalue weighted by molar-refractivity contribution is 7.89. The minimum Gasteiger partial charge on any atom is -0.327 e. The van der Waals surface area contributed by atoms with Crippen molar-refractivity contribution in [2.24, 2.45) is 0 Å². The smallest absolute Gasteiger partial charge is 0.276 e. The molecule has 2 aliphatic heterocycles. The lowest BCUT2D eigenvalue weighted by Gasteiger charge is -2.31. The number of carbonyl (C=O) groups excluding carboxylic acids is 1. The van der Waals surface area contributed by atoms with E-state index in [0.29, 0.717) is 37.6 Å². The molecule has 2 aliphatic rings. The summed E-state index contributed by atoms with van der Waals surface area (Å²) in [5.41, 5.74) is 2.95. The summed E-state index contributed by atoms with van der Waals surface area (Å²) in [6, 6.07) is 16.4. The molecule has 1 amide bonds. The second-order valence-electron chi connectivity index (χ2n) is 9.24. The zero-order valence-electron chi connectivity index (χ0n) is 20.0. The normalized spacial score (nSPS) is 17.5. The second-order valence-corrected chi connectivity index (χ2v) is 11.2. The fourth-order valence-corrected chi connectivity index (χ4v) is 6.21. The molecule has 3 heterocycles. The predicted octanol–water partition coefficient (Wildman–Crippen LogP) is 3.46. The Morgan fingerprint density at radius 1 is 0.886 bits per heavy atom. The molecule has 1 N–H and O–H groups in total. The van der Waals surface area contributed by atoms with Crippen LogP contribution in [0.1, 0.15) is 35.4 Å². The first-order valence-corrected chi connectivity index (χ1v) is 13.6. The molecule has 184 valence electrons. The number of amides is 1. The zero-order valence-corrected chi connectivity index (χ0v) is 20.8. The number of hydrogen-bond acceptors (Lipinski definition) is 5. The van der Waals surface area contributed by atoms with Crippen molar-refractivity contribution in [3.63, 3.8) is 0 Å². The Kier molecular flexibility index (Phi) is 6.73. The van der Waals surface area contributed by atoms with Gasteiger partial charge in [-0.1, -0.05) is 36.8 Å². The van der Waals surface area contributed by atoms with Crippen molar-refractivity contribution in [3.05, 3.63) is 66.0 Å². The summed E-state index contributed by atoms with van der Waals surface area (Å²) in [6.07, 6.45) is 4.03. The van der Waals surface area contributed by atoms with Gasteiger partial charge < -0.3 is 14.8 Å². The van der Waals surface area contributed by atoms with Crippen molar-refractivity contribution < 1.29 is 13.2 Å². The van der Waals surface area contributed by atoms with Crippen molar-refractivity contribution in [1.29, 1.82) is 0 Å². The van der Waals surface area contributed by atoms with Gasteiger partial charge in [0.25, 0.3) is 5.91 Å². The molecule has 0 radical (unpaired) electrons. The molecule has 0 aliphatic carbocycles. The van der Waals surface area contributed by atoms with Crippen molar-refractivity contribution >= 4 is 21.6 Å². The van der Waals surface area contributed by atoms with Crippen LogP contribution in [-0.4, -0.2) is 66.3 Å². The first-order valence-electron chi connectivity index (χ1n) is 12.2. The number of piperazine rings is 1. The van der Waals surface area contributed by atoms with Gasteiger partial charge in [-0.15, -0.1) is 0 Å². The highest BCUT2D eigenvalue weighted by Crippen LogP contribution is 2.28. The van der Waals surface area contributed by atoms with E-state index < -0.39 is 10.0 Å². The van der Waals surface area contributed by atoms with Crippen LogP contribution in [0.25, 0.3) is 11.4 Å². The maximum atomic E-state index is 13.3. The Hall–Kier alpha value is -3.01. The summed E-state index contributed by atoms with van der Waals surface area (Å²) >= 11 is 0. The van der Waals surface area contributed by atoms with Gasteiger partial charge in [-0.2, -0.15) is 4.31 Å². The molecular weight excluding hydrogens is 462 g/mol. The molecule has 0 saturated carbocycles. The third-order valence-electron chi connectivity index (χ3n) is 6.83. The molecule has 35 heavy (non-hydrogen) atoms. The third kappa shape index (κ3) is 4.89. The van der Waals surface area contributed by atoms with Crippen LogP contribution < -0.4 is 5.32 Å². The van der Waals surface area contributed by atoms with E-state index in [2.05, 4.69) is 14.8 Å². The van der Waals surface area contributed by atoms with E-state index in [0.717, 1.165) is 49.3 Å². The first kappa shape index (κ1) is 23.7. The van der Waals surface area contributed by atoms with Gasteiger partial charge in [0.2, 0.25) is 10.0 Å². The van der Waals surface area contributed by atoms with E-state index in [1.807, 2.05) is 37.4 Å². The van der Waals surface area contributed by atoms with E-state index in [-0.39, 0.29) is 10.8 Å². The number of anilines is 1. The predicted molar refractivity (Wildman–Crippen MR) is 136 cm³/mol. The molecule has 1 fully saturated rings. The molecule has 0 spiro atoms. The van der Waals surface area contributed by atoms with E-state index in [1.165, 1.54) is 4.31 Å². The Balaban J connectivity index is 1.37. The largest absolute Gasteiger partial charge is 0.327 e. The minimum absolute atomic E-state index is 0.238. The fourth-order valence-electron chi connectivity index (χ4n) is 4.79. The van der Waals surface area contributed by atoms with Crippen molar-refractivity contribution in [1.82, 2.24) is 18.8 Å². The summed E-state index contributed by atoms with van der Waals surface area (Å²) in [7, 11) is -1.56. The third-order valence-corrected chi connectivity index (χ3v) is 8.74. The van der Waals surface area contributed by atoms with E-state index in [4.69, 9.17) is 4.98 Å². The number of imidazole rings is 1. The Labute approximate surface area is 206 Å². The van der Waals surface area contributed by atoms with Crippen LogP contribution in [0.3, 0.4) is 0 Å². The summed E-state index contributed by atoms with van der Waals surface area (Å²) in [5.74, 6) is 0.550. The maximum Gasteiger partial charge on any atom is 0.276 e. The van der Waals surface area contributed by atoms with Gasteiger partial charge in [0, 0.05) is 44.0 Å². The van der Waals surface area contributed by atoms with E-state index in [9.17, 15) is 13.2 Å². The minimum atomic E-state index is -3.55. The second kappa shape index (κ2) is 9.93. The van der Waals surface area contributed by atoms with Crippen LogP contribution in [0.15, 0.2) is 59.5 Å². The highest BCUT2D eigenvalue weighted by atomic mass is 32.2. The lowest BCUT2D eigenvalue weighted by Crippen LogP contribution is -2.46. The molecule has 0 unspecified atom stereocenters. The average molecular weight is 494 g/mol. The Morgan fingerprint density at radius 3 is 2.31 bits per heavy atom. The Morgan fingerprint density at radius 2 is 1.60 bits per heavy atom. The van der Waals surface area contributed by atoms with Gasteiger partial charge >= 0.3 is 0 Å². The molecule has 2 aromatic carbocycles. The molecular formula is C26H31N5O3S. The lowest BCUT2D eigenvalue weighted by atomic mass is 10.1. The molecule has 9 heteroatoms. The van der Waals surface area contributed by atoms with Gasteiger partial charge in [-0.05, 0) is 50.6 Å². The van der Waals surface area contributed by atoms with Crippen molar-refractivity contribution in [2.75, 3.05) is 38.5 Å². The standard InChI is InChI=1S/C26H31N5O3S/c1-29-16-18-30(19-17-29)35(33,34)22-13-11-21(12-14-22)27-26(32)24-23-10-6-3-7-15-31(23)25(28-24)20-8-4-2-5-9-20/h2,4-5,8-9,11-14H,3,6-7,10,15-19H2,1H3,(H,27,32). The number of aromatic nitrogens is 2. The molecule has 3 aromatic rings. The number of rotatable bonds is 5. The summed E-state index contributed by atoms with van der Waals surface area (Å²) in [6.45, 7) is 3.23. The number of carbonyl (C=O) groups is 1. The van der Waals surface area contributed by atoms with Crippen molar-refractivity contribution in [3.8, 4) is 11.4 Å². The topological polar surface area (TPSA) is 87.5 Å². The molecule has 1 saturated heterocycles. The lowest BCUT2D eigenvalue weighted by molar-refractivity contribution is 0.102. The van der Waals surface area contributed by atoms with Gasteiger partial charge in [0.1, 0.15) is 11.5 Å². The average Bonchev–Trinajstić information content (AvgIpc) is 3.06. The van der Waals surface area contributed by atoms with Crippen LogP contribution in [0.5, 0.6) is 0 Å². The molecule has 0 bridgehead atoms. The maximum absolute atomic E-state index is 13.3.